The summed E-state index contributed by atoms with van der Waals surface area (Å²) in [6.45, 7) is 2.95. The summed E-state index contributed by atoms with van der Waals surface area (Å²) in [5.41, 5.74) is 1.09. The zero-order valence-electron chi connectivity index (χ0n) is 10.4. The van der Waals surface area contributed by atoms with E-state index in [2.05, 4.69) is 4.72 Å². The van der Waals surface area contributed by atoms with Crippen molar-refractivity contribution in [1.29, 1.82) is 0 Å². The van der Waals surface area contributed by atoms with Gasteiger partial charge in [-0.3, -0.25) is 0 Å². The van der Waals surface area contributed by atoms with Crippen molar-refractivity contribution in [3.63, 3.8) is 0 Å². The highest BCUT2D eigenvalue weighted by Crippen LogP contribution is 2.09. The highest BCUT2D eigenvalue weighted by atomic mass is 32.2. The van der Waals surface area contributed by atoms with Crippen molar-refractivity contribution in [2.45, 2.75) is 13.3 Å². The van der Waals surface area contributed by atoms with Gasteiger partial charge in [-0.2, -0.15) is 0 Å². The predicted octanol–water partition coefficient (Wildman–Crippen LogP) is 1.45. The molecule has 5 heteroatoms. The molecule has 0 aliphatic carbocycles. The van der Waals surface area contributed by atoms with Crippen LogP contribution in [0.15, 0.2) is 30.3 Å². The minimum Gasteiger partial charge on any atom is -0.373 e. The maximum atomic E-state index is 11.4. The van der Waals surface area contributed by atoms with Gasteiger partial charge >= 0.3 is 0 Å². The van der Waals surface area contributed by atoms with Crippen LogP contribution in [0.1, 0.15) is 13.3 Å². The largest absolute Gasteiger partial charge is 0.373 e. The molecule has 0 spiro atoms. The molecule has 0 heterocycles. The molecule has 4 nitrogen and oxygen atoms in total. The minimum atomic E-state index is -3.09. The number of hydrogen-bond acceptors (Lipinski definition) is 3. The SMILES string of the molecule is CCCS(=O)(=O)NCCN(C)c1ccccc1. The lowest BCUT2D eigenvalue weighted by atomic mass is 10.3. The number of anilines is 1. The van der Waals surface area contributed by atoms with Gasteiger partial charge in [0.1, 0.15) is 0 Å². The Bertz CT molecular complexity index is 417. The Morgan fingerprint density at radius 2 is 1.88 bits per heavy atom. The normalized spacial score (nSPS) is 11.4. The van der Waals surface area contributed by atoms with Gasteiger partial charge in [0.2, 0.25) is 10.0 Å². The lowest BCUT2D eigenvalue weighted by Gasteiger charge is -2.19. The number of sulfonamides is 1. The van der Waals surface area contributed by atoms with Crippen LogP contribution in [0, 0.1) is 0 Å². The van der Waals surface area contributed by atoms with Crippen molar-refractivity contribution in [3.05, 3.63) is 30.3 Å². The van der Waals surface area contributed by atoms with Gasteiger partial charge in [0.05, 0.1) is 5.75 Å². The zero-order chi connectivity index (χ0) is 12.7. The third-order valence-corrected chi connectivity index (χ3v) is 4.03. The molecule has 0 saturated heterocycles. The van der Waals surface area contributed by atoms with Gasteiger partial charge in [-0.05, 0) is 18.6 Å². The van der Waals surface area contributed by atoms with E-state index in [9.17, 15) is 8.42 Å². The molecule has 0 fully saturated rings. The van der Waals surface area contributed by atoms with Crippen LogP contribution in [0.5, 0.6) is 0 Å². The van der Waals surface area contributed by atoms with Crippen LogP contribution >= 0.6 is 0 Å². The lowest BCUT2D eigenvalue weighted by Crippen LogP contribution is -2.34. The Kier molecular flexibility index (Phi) is 5.44. The first-order chi connectivity index (χ1) is 8.05. The fourth-order valence-corrected chi connectivity index (χ4v) is 2.61. The van der Waals surface area contributed by atoms with Crippen LogP contribution in [0.4, 0.5) is 5.69 Å². The first kappa shape index (κ1) is 14.0. The van der Waals surface area contributed by atoms with Gasteiger partial charge in [0.25, 0.3) is 0 Å². The maximum absolute atomic E-state index is 11.4. The highest BCUT2D eigenvalue weighted by Gasteiger charge is 2.08. The summed E-state index contributed by atoms with van der Waals surface area (Å²) in [5.74, 6) is 0.196. The van der Waals surface area contributed by atoms with Crippen molar-refractivity contribution >= 4 is 15.7 Å². The Morgan fingerprint density at radius 3 is 2.47 bits per heavy atom. The maximum Gasteiger partial charge on any atom is 0.211 e. The number of para-hydroxylation sites is 1. The Labute approximate surface area is 104 Å². The number of hydrogen-bond donors (Lipinski definition) is 1. The topological polar surface area (TPSA) is 49.4 Å². The second kappa shape index (κ2) is 6.61. The summed E-state index contributed by atoms with van der Waals surface area (Å²) in [6.07, 6.45) is 0.643. The van der Waals surface area contributed by atoms with Crippen LogP contribution in [-0.4, -0.2) is 34.3 Å². The van der Waals surface area contributed by atoms with E-state index in [1.807, 2.05) is 49.2 Å². The summed E-state index contributed by atoms with van der Waals surface area (Å²) >= 11 is 0. The van der Waals surface area contributed by atoms with Gasteiger partial charge in [0.15, 0.2) is 0 Å². The second-order valence-electron chi connectivity index (χ2n) is 3.97. The second-order valence-corrected chi connectivity index (χ2v) is 5.90. The Balaban J connectivity index is 2.37. The smallest absolute Gasteiger partial charge is 0.211 e. The fourth-order valence-electron chi connectivity index (χ4n) is 1.52. The molecule has 0 unspecified atom stereocenters. The standard InChI is InChI=1S/C12H20N2O2S/c1-3-11-17(15,16)13-9-10-14(2)12-7-5-4-6-8-12/h4-8,13H,3,9-11H2,1-2H3. The van der Waals surface area contributed by atoms with Crippen molar-refractivity contribution in [2.24, 2.45) is 0 Å². The van der Waals surface area contributed by atoms with Gasteiger partial charge in [0, 0.05) is 25.8 Å². The van der Waals surface area contributed by atoms with E-state index in [4.69, 9.17) is 0 Å². The lowest BCUT2D eigenvalue weighted by molar-refractivity contribution is 0.580. The van der Waals surface area contributed by atoms with Crippen LogP contribution in [0.3, 0.4) is 0 Å². The summed E-state index contributed by atoms with van der Waals surface area (Å²) in [4.78, 5) is 2.02. The summed E-state index contributed by atoms with van der Waals surface area (Å²) < 4.78 is 25.4. The molecule has 0 radical (unpaired) electrons. The number of benzene rings is 1. The van der Waals surface area contributed by atoms with Gasteiger partial charge < -0.3 is 4.90 Å². The molecule has 0 aliphatic heterocycles. The van der Waals surface area contributed by atoms with E-state index in [1.54, 1.807) is 0 Å². The molecule has 17 heavy (non-hydrogen) atoms. The highest BCUT2D eigenvalue weighted by molar-refractivity contribution is 7.89. The zero-order valence-corrected chi connectivity index (χ0v) is 11.2. The number of rotatable bonds is 7. The molecule has 0 amide bonds. The van der Waals surface area contributed by atoms with Gasteiger partial charge in [-0.25, -0.2) is 13.1 Å². The van der Waals surface area contributed by atoms with Gasteiger partial charge in [-0.15, -0.1) is 0 Å². The molecule has 0 saturated carbocycles. The average molecular weight is 256 g/mol. The summed E-state index contributed by atoms with van der Waals surface area (Å²) in [7, 11) is -1.14. The fraction of sp³-hybridized carbons (Fsp3) is 0.500. The van der Waals surface area contributed by atoms with E-state index < -0.39 is 10.0 Å². The monoisotopic (exact) mass is 256 g/mol. The summed E-state index contributed by atoms with van der Waals surface area (Å²) in [5, 5.41) is 0. The number of likely N-dealkylation sites (N-methyl/N-ethyl adjacent to an activating group) is 1. The number of nitrogens with zero attached hydrogens (tertiary/aromatic N) is 1. The molecule has 1 aromatic carbocycles. The van der Waals surface area contributed by atoms with Crippen LogP contribution in [0.2, 0.25) is 0 Å². The molecule has 0 bridgehead atoms. The molecule has 0 aromatic heterocycles. The van der Waals surface area contributed by atoms with Crippen molar-refractivity contribution in [3.8, 4) is 0 Å². The summed E-state index contributed by atoms with van der Waals surface area (Å²) in [6, 6.07) is 9.89. The molecule has 1 N–H and O–H groups in total. The van der Waals surface area contributed by atoms with Crippen molar-refractivity contribution in [2.75, 3.05) is 30.8 Å². The molecule has 0 atom stereocenters. The van der Waals surface area contributed by atoms with Gasteiger partial charge in [-0.1, -0.05) is 25.1 Å². The molecule has 1 aromatic rings. The van der Waals surface area contributed by atoms with Crippen molar-refractivity contribution < 1.29 is 8.42 Å². The third kappa shape index (κ3) is 5.19. The average Bonchev–Trinajstić information content (AvgIpc) is 2.29. The molecular weight excluding hydrogens is 236 g/mol. The van der Waals surface area contributed by atoms with Crippen LogP contribution in [-0.2, 0) is 10.0 Å². The van der Waals surface area contributed by atoms with Crippen LogP contribution in [0.25, 0.3) is 0 Å². The third-order valence-electron chi connectivity index (χ3n) is 2.44. The molecule has 1 rings (SSSR count). The van der Waals surface area contributed by atoms with E-state index in [0.29, 0.717) is 19.5 Å². The van der Waals surface area contributed by atoms with E-state index in [-0.39, 0.29) is 5.75 Å². The van der Waals surface area contributed by atoms with E-state index >= 15 is 0 Å². The van der Waals surface area contributed by atoms with Crippen LogP contribution < -0.4 is 9.62 Å². The first-order valence-corrected chi connectivity index (χ1v) is 7.44. The predicted molar refractivity (Wildman–Crippen MR) is 71.8 cm³/mol. The molecular formula is C12H20N2O2S. The first-order valence-electron chi connectivity index (χ1n) is 5.78. The Hall–Kier alpha value is -1.07. The molecule has 0 aliphatic rings. The van der Waals surface area contributed by atoms with E-state index in [1.165, 1.54) is 0 Å². The number of nitrogens with one attached hydrogen (secondary N) is 1. The molecule has 96 valence electrons. The Morgan fingerprint density at radius 1 is 1.24 bits per heavy atom. The quantitative estimate of drug-likeness (QED) is 0.803. The van der Waals surface area contributed by atoms with Crippen molar-refractivity contribution in [1.82, 2.24) is 4.72 Å². The van der Waals surface area contributed by atoms with E-state index in [0.717, 1.165) is 5.69 Å². The minimum absolute atomic E-state index is 0.196.